The molecule has 2 aromatic heterocycles. The van der Waals surface area contributed by atoms with Crippen LogP contribution < -0.4 is 0 Å². The van der Waals surface area contributed by atoms with Gasteiger partial charge < -0.3 is 14.7 Å². The van der Waals surface area contributed by atoms with Crippen LogP contribution in [-0.4, -0.2) is 68.3 Å². The van der Waals surface area contributed by atoms with Crippen molar-refractivity contribution in [2.75, 3.05) is 20.3 Å². The summed E-state index contributed by atoms with van der Waals surface area (Å²) in [6.07, 6.45) is -1.84. The highest BCUT2D eigenvalue weighted by atomic mass is 19.4. The number of hydrogen-bond donors (Lipinski definition) is 1. The van der Waals surface area contributed by atoms with Crippen molar-refractivity contribution in [1.29, 1.82) is 0 Å². The summed E-state index contributed by atoms with van der Waals surface area (Å²) in [4.78, 5) is 27.2. The predicted octanol–water partition coefficient (Wildman–Crippen LogP) is 1.23. The number of aromatic nitrogens is 4. The number of amides is 1. The Bertz CT molecular complexity index is 825. The van der Waals surface area contributed by atoms with E-state index in [1.54, 1.807) is 41.2 Å². The van der Waals surface area contributed by atoms with Gasteiger partial charge in [-0.05, 0) is 12.1 Å². The zero-order valence-corrected chi connectivity index (χ0v) is 15.0. The van der Waals surface area contributed by atoms with Gasteiger partial charge in [0.25, 0.3) is 5.91 Å². The van der Waals surface area contributed by atoms with Crippen LogP contribution in [0.15, 0.2) is 24.5 Å². The van der Waals surface area contributed by atoms with E-state index in [0.29, 0.717) is 25.3 Å². The van der Waals surface area contributed by atoms with Crippen LogP contribution in [0.1, 0.15) is 27.7 Å². The molecular formula is C16H18F3N5O4. The normalized spacial score (nSPS) is 16.0. The highest BCUT2D eigenvalue weighted by Gasteiger charge is 2.38. The van der Waals surface area contributed by atoms with E-state index in [9.17, 15) is 18.0 Å². The van der Waals surface area contributed by atoms with Crippen LogP contribution in [0.4, 0.5) is 13.2 Å². The second-order valence-corrected chi connectivity index (χ2v) is 5.92. The van der Waals surface area contributed by atoms with E-state index in [1.807, 2.05) is 7.05 Å². The quantitative estimate of drug-likeness (QED) is 0.824. The first-order valence-corrected chi connectivity index (χ1v) is 8.02. The summed E-state index contributed by atoms with van der Waals surface area (Å²) >= 11 is 0. The molecule has 0 radical (unpaired) electrons. The summed E-state index contributed by atoms with van der Waals surface area (Å²) in [5.41, 5.74) is 2.53. The summed E-state index contributed by atoms with van der Waals surface area (Å²) in [5.74, 6) is -2.69. The second kappa shape index (κ2) is 8.78. The minimum Gasteiger partial charge on any atom is -0.475 e. The Morgan fingerprint density at radius 2 is 1.93 bits per heavy atom. The molecule has 152 valence electrons. The molecule has 0 saturated heterocycles. The van der Waals surface area contributed by atoms with E-state index in [2.05, 4.69) is 15.3 Å². The maximum Gasteiger partial charge on any atom is 0.490 e. The van der Waals surface area contributed by atoms with Gasteiger partial charge in [0.15, 0.2) is 0 Å². The van der Waals surface area contributed by atoms with Gasteiger partial charge in [-0.3, -0.25) is 14.5 Å². The average molecular weight is 401 g/mol. The predicted molar refractivity (Wildman–Crippen MR) is 88.3 cm³/mol. The maximum atomic E-state index is 12.6. The number of hydrogen-bond acceptors (Lipinski definition) is 6. The SMILES string of the molecule is COCC1CN(C(=O)c2ccncc2)Cc2nnn(C)c21.O=C(O)C(F)(F)F. The highest BCUT2D eigenvalue weighted by molar-refractivity contribution is 5.94. The number of halogens is 3. The molecule has 1 aliphatic heterocycles. The molecule has 1 unspecified atom stereocenters. The van der Waals surface area contributed by atoms with E-state index in [-0.39, 0.29) is 11.8 Å². The molecule has 3 heterocycles. The van der Waals surface area contributed by atoms with Crippen LogP contribution in [0, 0.1) is 0 Å². The molecule has 1 aliphatic rings. The fraction of sp³-hybridized carbons (Fsp3) is 0.438. The zero-order chi connectivity index (χ0) is 20.9. The average Bonchev–Trinajstić information content (AvgIpc) is 3.03. The molecule has 9 nitrogen and oxygen atoms in total. The number of aliphatic carboxylic acids is 1. The monoisotopic (exact) mass is 401 g/mol. The Morgan fingerprint density at radius 3 is 2.46 bits per heavy atom. The van der Waals surface area contributed by atoms with Gasteiger partial charge in [-0.15, -0.1) is 5.10 Å². The highest BCUT2D eigenvalue weighted by Crippen LogP contribution is 2.27. The van der Waals surface area contributed by atoms with Crippen LogP contribution >= 0.6 is 0 Å². The van der Waals surface area contributed by atoms with E-state index in [1.165, 1.54) is 0 Å². The van der Waals surface area contributed by atoms with Gasteiger partial charge in [0.1, 0.15) is 5.69 Å². The van der Waals surface area contributed by atoms with Gasteiger partial charge in [-0.25, -0.2) is 4.79 Å². The van der Waals surface area contributed by atoms with Crippen molar-refractivity contribution >= 4 is 11.9 Å². The van der Waals surface area contributed by atoms with Crippen LogP contribution in [-0.2, 0) is 23.1 Å². The van der Waals surface area contributed by atoms with Gasteiger partial charge in [-0.2, -0.15) is 13.2 Å². The number of pyridine rings is 1. The standard InChI is InChI=1S/C14H17N5O2.C2HF3O2/c1-18-13-11(9-21-2)7-19(8-12(13)16-17-18)14(20)10-3-5-15-6-4-10;3-2(4,5)1(6)7/h3-6,11H,7-9H2,1-2H3;(H,6,7). The Balaban J connectivity index is 0.000000345. The third kappa shape index (κ3) is 5.03. The first-order valence-electron chi connectivity index (χ1n) is 8.02. The molecule has 0 aliphatic carbocycles. The van der Waals surface area contributed by atoms with Crippen LogP contribution in [0.3, 0.4) is 0 Å². The summed E-state index contributed by atoms with van der Waals surface area (Å²) in [6, 6.07) is 3.44. The maximum absolute atomic E-state index is 12.6. The minimum atomic E-state index is -5.08. The van der Waals surface area contributed by atoms with Crippen molar-refractivity contribution in [1.82, 2.24) is 24.9 Å². The number of methoxy groups -OCH3 is 1. The molecule has 3 rings (SSSR count). The summed E-state index contributed by atoms with van der Waals surface area (Å²) in [6.45, 7) is 1.61. The number of carbonyl (C=O) groups excluding carboxylic acids is 1. The number of alkyl halides is 3. The molecule has 0 fully saturated rings. The lowest BCUT2D eigenvalue weighted by atomic mass is 9.98. The van der Waals surface area contributed by atoms with E-state index >= 15 is 0 Å². The van der Waals surface area contributed by atoms with Crippen molar-refractivity contribution in [2.24, 2.45) is 7.05 Å². The summed E-state index contributed by atoms with van der Waals surface area (Å²) in [5, 5.41) is 15.4. The van der Waals surface area contributed by atoms with Gasteiger partial charge in [-0.1, -0.05) is 5.21 Å². The number of rotatable bonds is 3. The molecule has 0 spiro atoms. The van der Waals surface area contributed by atoms with Crippen molar-refractivity contribution in [2.45, 2.75) is 18.6 Å². The Kier molecular flexibility index (Phi) is 6.67. The van der Waals surface area contributed by atoms with Crippen LogP contribution in [0.25, 0.3) is 0 Å². The van der Waals surface area contributed by atoms with Gasteiger partial charge in [0.05, 0.1) is 18.8 Å². The van der Waals surface area contributed by atoms with Crippen LogP contribution in [0.2, 0.25) is 0 Å². The lowest BCUT2D eigenvalue weighted by molar-refractivity contribution is -0.192. The van der Waals surface area contributed by atoms with Crippen LogP contribution in [0.5, 0.6) is 0 Å². The van der Waals surface area contributed by atoms with Crippen molar-refractivity contribution in [3.63, 3.8) is 0 Å². The third-order valence-electron chi connectivity index (χ3n) is 3.94. The second-order valence-electron chi connectivity index (χ2n) is 5.92. The fourth-order valence-electron chi connectivity index (χ4n) is 2.78. The summed E-state index contributed by atoms with van der Waals surface area (Å²) < 4.78 is 38.8. The first-order chi connectivity index (χ1) is 13.1. The number of nitrogens with zero attached hydrogens (tertiary/aromatic N) is 5. The van der Waals surface area contributed by atoms with Gasteiger partial charge in [0, 0.05) is 44.6 Å². The molecule has 12 heteroatoms. The van der Waals surface area contributed by atoms with E-state index < -0.39 is 12.1 Å². The number of carboxylic acids is 1. The Morgan fingerprint density at radius 1 is 1.32 bits per heavy atom. The lowest BCUT2D eigenvalue weighted by Gasteiger charge is -2.32. The van der Waals surface area contributed by atoms with Crippen molar-refractivity contribution in [3.8, 4) is 0 Å². The molecule has 0 aromatic carbocycles. The number of carbonyl (C=O) groups is 2. The van der Waals surface area contributed by atoms with E-state index in [4.69, 9.17) is 14.6 Å². The van der Waals surface area contributed by atoms with Crippen molar-refractivity contribution in [3.05, 3.63) is 41.5 Å². The van der Waals surface area contributed by atoms with Gasteiger partial charge >= 0.3 is 12.1 Å². The lowest BCUT2D eigenvalue weighted by Crippen LogP contribution is -2.40. The fourth-order valence-corrected chi connectivity index (χ4v) is 2.78. The topological polar surface area (TPSA) is 110 Å². The van der Waals surface area contributed by atoms with E-state index in [0.717, 1.165) is 11.4 Å². The number of ether oxygens (including phenoxy) is 1. The molecule has 1 N–H and O–H groups in total. The Hall–Kier alpha value is -3.02. The first kappa shape index (κ1) is 21.3. The molecule has 2 aromatic rings. The minimum absolute atomic E-state index is 0.0187. The zero-order valence-electron chi connectivity index (χ0n) is 15.0. The largest absolute Gasteiger partial charge is 0.490 e. The smallest absolute Gasteiger partial charge is 0.475 e. The third-order valence-corrected chi connectivity index (χ3v) is 3.94. The van der Waals surface area contributed by atoms with Crippen molar-refractivity contribution < 1.29 is 32.6 Å². The van der Waals surface area contributed by atoms with Gasteiger partial charge in [0.2, 0.25) is 0 Å². The molecule has 1 atom stereocenters. The molecule has 0 saturated carbocycles. The number of aryl methyl sites for hydroxylation is 1. The molecule has 1 amide bonds. The summed E-state index contributed by atoms with van der Waals surface area (Å²) in [7, 11) is 3.53. The number of fused-ring (bicyclic) bond motifs is 1. The molecular weight excluding hydrogens is 383 g/mol. The molecule has 0 bridgehead atoms. The number of carboxylic acid groups (broad SMARTS) is 1. The Labute approximate surface area is 157 Å². The molecule has 28 heavy (non-hydrogen) atoms.